The van der Waals surface area contributed by atoms with Crippen LogP contribution in [0.4, 0.5) is 5.69 Å². The number of nitro benzene ring substituents is 1. The molecular weight excluding hydrogens is 438 g/mol. The van der Waals surface area contributed by atoms with Gasteiger partial charge in [0.1, 0.15) is 17.2 Å². The minimum atomic E-state index is -0.479. The van der Waals surface area contributed by atoms with Crippen molar-refractivity contribution in [2.45, 2.75) is 6.92 Å². The number of carbonyl (C=O) groups excluding carboxylic acids is 2. The average molecular weight is 461 g/mol. The number of aryl methyl sites for hydroxylation is 1. The van der Waals surface area contributed by atoms with Crippen molar-refractivity contribution in [3.8, 4) is 11.3 Å². The summed E-state index contributed by atoms with van der Waals surface area (Å²) in [5.74, 6) is -0.0457. The molecule has 9 nitrogen and oxygen atoms in total. The Balaban J connectivity index is 1.63. The molecule has 0 unspecified atom stereocenters. The SMILES string of the molecule is Cc1ccc(C(=O)N/C(=C/c2ccc(-c3cccc([N+](=O)[O-])c3)o2)C(=O)N2CCOCC2)cc1. The maximum atomic E-state index is 13.2. The zero-order chi connectivity index (χ0) is 24.1. The van der Waals surface area contributed by atoms with E-state index in [-0.39, 0.29) is 17.3 Å². The highest BCUT2D eigenvalue weighted by Gasteiger charge is 2.23. The maximum absolute atomic E-state index is 13.2. The summed E-state index contributed by atoms with van der Waals surface area (Å²) in [5, 5.41) is 13.8. The molecule has 1 aromatic heterocycles. The minimum absolute atomic E-state index is 0.0560. The van der Waals surface area contributed by atoms with E-state index in [1.54, 1.807) is 41.3 Å². The van der Waals surface area contributed by atoms with Crippen LogP contribution in [0.1, 0.15) is 21.7 Å². The van der Waals surface area contributed by atoms with E-state index in [9.17, 15) is 19.7 Å². The van der Waals surface area contributed by atoms with Crippen molar-refractivity contribution in [1.29, 1.82) is 0 Å². The Morgan fingerprint density at radius 2 is 1.79 bits per heavy atom. The van der Waals surface area contributed by atoms with Gasteiger partial charge in [-0.25, -0.2) is 0 Å². The smallest absolute Gasteiger partial charge is 0.270 e. The number of rotatable bonds is 6. The van der Waals surface area contributed by atoms with Gasteiger partial charge in [-0.1, -0.05) is 29.8 Å². The maximum Gasteiger partial charge on any atom is 0.270 e. The van der Waals surface area contributed by atoms with Crippen LogP contribution in [0.5, 0.6) is 0 Å². The Bertz CT molecular complexity index is 1240. The van der Waals surface area contributed by atoms with E-state index in [1.807, 2.05) is 19.1 Å². The van der Waals surface area contributed by atoms with Crippen molar-refractivity contribution in [3.63, 3.8) is 0 Å². The second-order valence-corrected chi connectivity index (χ2v) is 7.79. The molecule has 34 heavy (non-hydrogen) atoms. The fourth-order valence-corrected chi connectivity index (χ4v) is 3.49. The van der Waals surface area contributed by atoms with Gasteiger partial charge in [-0.2, -0.15) is 0 Å². The number of nitrogens with one attached hydrogen (secondary N) is 1. The van der Waals surface area contributed by atoms with E-state index in [2.05, 4.69) is 5.32 Å². The molecule has 3 aromatic rings. The second kappa shape index (κ2) is 10.1. The van der Waals surface area contributed by atoms with Crippen LogP contribution in [0.3, 0.4) is 0 Å². The lowest BCUT2D eigenvalue weighted by Crippen LogP contribution is -2.44. The van der Waals surface area contributed by atoms with Crippen LogP contribution < -0.4 is 5.32 Å². The first-order valence-corrected chi connectivity index (χ1v) is 10.7. The lowest BCUT2D eigenvalue weighted by atomic mass is 10.1. The first-order valence-electron chi connectivity index (χ1n) is 10.7. The lowest BCUT2D eigenvalue weighted by Gasteiger charge is -2.27. The predicted molar refractivity (Wildman–Crippen MR) is 125 cm³/mol. The van der Waals surface area contributed by atoms with E-state index < -0.39 is 10.8 Å². The summed E-state index contributed by atoms with van der Waals surface area (Å²) in [6.45, 7) is 3.58. The van der Waals surface area contributed by atoms with Crippen molar-refractivity contribution < 1.29 is 23.7 Å². The summed E-state index contributed by atoms with van der Waals surface area (Å²) in [7, 11) is 0. The Morgan fingerprint density at radius 3 is 2.50 bits per heavy atom. The highest BCUT2D eigenvalue weighted by atomic mass is 16.6. The topological polar surface area (TPSA) is 115 Å². The lowest BCUT2D eigenvalue weighted by molar-refractivity contribution is -0.384. The van der Waals surface area contributed by atoms with Gasteiger partial charge in [0.05, 0.1) is 18.1 Å². The number of furan rings is 1. The number of benzene rings is 2. The molecule has 174 valence electrons. The number of nitro groups is 1. The van der Waals surface area contributed by atoms with Gasteiger partial charge < -0.3 is 19.4 Å². The zero-order valence-corrected chi connectivity index (χ0v) is 18.5. The number of hydrogen-bond acceptors (Lipinski definition) is 6. The second-order valence-electron chi connectivity index (χ2n) is 7.79. The number of hydrogen-bond donors (Lipinski definition) is 1. The molecule has 1 N–H and O–H groups in total. The van der Waals surface area contributed by atoms with Gasteiger partial charge in [-0.15, -0.1) is 0 Å². The third-order valence-electron chi connectivity index (χ3n) is 5.35. The third kappa shape index (κ3) is 5.38. The summed E-state index contributed by atoms with van der Waals surface area (Å²) in [6, 6.07) is 16.4. The van der Waals surface area contributed by atoms with Crippen LogP contribution in [0, 0.1) is 17.0 Å². The first-order chi connectivity index (χ1) is 16.4. The van der Waals surface area contributed by atoms with Crippen molar-refractivity contribution in [2.24, 2.45) is 0 Å². The molecule has 2 aromatic carbocycles. The molecule has 0 radical (unpaired) electrons. The molecule has 0 atom stereocenters. The molecule has 2 amide bonds. The Morgan fingerprint density at radius 1 is 1.06 bits per heavy atom. The monoisotopic (exact) mass is 461 g/mol. The normalized spacial score (nSPS) is 14.0. The van der Waals surface area contributed by atoms with E-state index >= 15 is 0 Å². The Kier molecular flexibility index (Phi) is 6.84. The van der Waals surface area contributed by atoms with Crippen LogP contribution in [0.25, 0.3) is 17.4 Å². The summed E-state index contributed by atoms with van der Waals surface area (Å²) < 4.78 is 11.2. The predicted octanol–water partition coefficient (Wildman–Crippen LogP) is 3.79. The van der Waals surface area contributed by atoms with Crippen molar-refractivity contribution in [2.75, 3.05) is 26.3 Å². The van der Waals surface area contributed by atoms with E-state index in [4.69, 9.17) is 9.15 Å². The number of carbonyl (C=O) groups is 2. The Hall–Kier alpha value is -4.24. The third-order valence-corrected chi connectivity index (χ3v) is 5.35. The molecule has 2 heterocycles. The summed E-state index contributed by atoms with van der Waals surface area (Å²) in [5.41, 5.74) is 1.97. The summed E-state index contributed by atoms with van der Waals surface area (Å²) in [6.07, 6.45) is 1.46. The van der Waals surface area contributed by atoms with Gasteiger partial charge in [-0.05, 0) is 31.2 Å². The molecule has 4 rings (SSSR count). The van der Waals surface area contributed by atoms with Crippen LogP contribution in [0.15, 0.2) is 70.8 Å². The van der Waals surface area contributed by atoms with Crippen molar-refractivity contribution in [3.05, 3.63) is 93.4 Å². The first kappa shape index (κ1) is 22.9. The molecule has 0 saturated carbocycles. The Labute approximate surface area is 195 Å². The number of ether oxygens (including phenoxy) is 1. The van der Waals surface area contributed by atoms with Crippen molar-refractivity contribution in [1.82, 2.24) is 10.2 Å². The van der Waals surface area contributed by atoms with Gasteiger partial charge >= 0.3 is 0 Å². The van der Waals surface area contributed by atoms with Crippen molar-refractivity contribution >= 4 is 23.6 Å². The molecule has 0 bridgehead atoms. The standard InChI is InChI=1S/C25H23N3O6/c1-17-5-7-18(8-6-17)24(29)26-22(25(30)27-11-13-33-14-12-27)16-21-9-10-23(34-21)19-3-2-4-20(15-19)28(31)32/h2-10,15-16H,11-14H2,1H3,(H,26,29)/b22-16+. The molecule has 1 saturated heterocycles. The van der Waals surface area contributed by atoms with Crippen LogP contribution in [-0.4, -0.2) is 47.9 Å². The quantitative estimate of drug-likeness (QED) is 0.339. The van der Waals surface area contributed by atoms with Gasteiger partial charge in [-0.3, -0.25) is 19.7 Å². The molecule has 1 fully saturated rings. The number of amides is 2. The fraction of sp³-hybridized carbons (Fsp3) is 0.200. The highest BCUT2D eigenvalue weighted by molar-refractivity contribution is 6.05. The zero-order valence-electron chi connectivity index (χ0n) is 18.5. The van der Waals surface area contributed by atoms with Gasteiger partial charge in [0.15, 0.2) is 0 Å². The van der Waals surface area contributed by atoms with E-state index in [1.165, 1.54) is 18.2 Å². The van der Waals surface area contributed by atoms with Crippen LogP contribution in [0.2, 0.25) is 0 Å². The average Bonchev–Trinajstić information content (AvgIpc) is 3.33. The summed E-state index contributed by atoms with van der Waals surface area (Å²) >= 11 is 0. The van der Waals surface area contributed by atoms with Gasteiger partial charge in [0, 0.05) is 42.4 Å². The number of nitrogens with zero attached hydrogens (tertiary/aromatic N) is 2. The largest absolute Gasteiger partial charge is 0.457 e. The molecule has 1 aliphatic heterocycles. The van der Waals surface area contributed by atoms with E-state index in [0.717, 1.165) is 5.56 Å². The molecular formula is C25H23N3O6. The summed E-state index contributed by atoms with van der Waals surface area (Å²) in [4.78, 5) is 38.2. The minimum Gasteiger partial charge on any atom is -0.457 e. The van der Waals surface area contributed by atoms with Crippen LogP contribution in [-0.2, 0) is 9.53 Å². The fourth-order valence-electron chi connectivity index (χ4n) is 3.49. The number of non-ortho nitro benzene ring substituents is 1. The molecule has 0 aliphatic carbocycles. The number of morpholine rings is 1. The molecule has 9 heteroatoms. The van der Waals surface area contributed by atoms with Gasteiger partial charge in [0.25, 0.3) is 17.5 Å². The van der Waals surface area contributed by atoms with E-state index in [0.29, 0.717) is 49.0 Å². The molecule has 0 spiro atoms. The molecule has 1 aliphatic rings. The van der Waals surface area contributed by atoms with Gasteiger partial charge in [0.2, 0.25) is 0 Å². The highest BCUT2D eigenvalue weighted by Crippen LogP contribution is 2.26. The van der Waals surface area contributed by atoms with Crippen LogP contribution >= 0.6 is 0 Å².